The third-order valence-corrected chi connectivity index (χ3v) is 7.53. The van der Waals surface area contributed by atoms with E-state index in [1.807, 2.05) is 4.90 Å². The Hall–Kier alpha value is -2.47. The summed E-state index contributed by atoms with van der Waals surface area (Å²) in [6.45, 7) is 2.53. The van der Waals surface area contributed by atoms with Gasteiger partial charge in [-0.2, -0.15) is 11.8 Å². The highest BCUT2D eigenvalue weighted by molar-refractivity contribution is 7.99. The number of aliphatic carboxylic acids is 1. The van der Waals surface area contributed by atoms with E-state index in [0.717, 1.165) is 5.75 Å². The molecule has 2 aliphatic heterocycles. The van der Waals surface area contributed by atoms with Crippen LogP contribution < -0.4 is 5.32 Å². The third-order valence-electron chi connectivity index (χ3n) is 5.40. The summed E-state index contributed by atoms with van der Waals surface area (Å²) in [5.74, 6) is -0.404. The van der Waals surface area contributed by atoms with Crippen LogP contribution >= 0.6 is 34.7 Å². The number of thiazole rings is 1. The van der Waals surface area contributed by atoms with Crippen LogP contribution in [0, 0.1) is 5.82 Å². The van der Waals surface area contributed by atoms with Crippen LogP contribution in [-0.4, -0.2) is 70.0 Å². The standard InChI is InChI=1S/C22H22ClFN4O4S2/c1-2-32-22(31)17-15(10-28-6-8-33-11-16(28)21(29)30)26-19(20-25-5-7-34-20)27-18(17)13-4-3-12(24)9-14(13)23/h3-5,7,9,16,18H,2,6,8,10-11H2,1H3,(H,26,27)(H,29,30)/t16-,18-/m0/s1. The van der Waals surface area contributed by atoms with Gasteiger partial charge in [-0.15, -0.1) is 11.3 Å². The van der Waals surface area contributed by atoms with Crippen molar-refractivity contribution in [1.82, 2.24) is 15.2 Å². The Bertz CT molecular complexity index is 1140. The van der Waals surface area contributed by atoms with Crippen molar-refractivity contribution in [2.75, 3.05) is 31.2 Å². The molecule has 2 N–H and O–H groups in total. The number of amidine groups is 1. The number of nitrogens with one attached hydrogen (secondary N) is 1. The summed E-state index contributed by atoms with van der Waals surface area (Å²) < 4.78 is 19.1. The van der Waals surface area contributed by atoms with Crippen LogP contribution in [0.15, 0.2) is 46.0 Å². The predicted molar refractivity (Wildman–Crippen MR) is 130 cm³/mol. The molecule has 0 aliphatic carbocycles. The molecule has 2 atom stereocenters. The highest BCUT2D eigenvalue weighted by atomic mass is 35.5. The first-order valence-electron chi connectivity index (χ1n) is 10.5. The second kappa shape index (κ2) is 10.9. The fourth-order valence-electron chi connectivity index (χ4n) is 3.82. The van der Waals surface area contributed by atoms with Gasteiger partial charge < -0.3 is 15.2 Å². The largest absolute Gasteiger partial charge is 0.480 e. The van der Waals surface area contributed by atoms with Gasteiger partial charge in [0.2, 0.25) is 0 Å². The number of aliphatic imine (C=N–C) groups is 1. The number of carboxylic acid groups (broad SMARTS) is 1. The highest BCUT2D eigenvalue weighted by Gasteiger charge is 2.37. The summed E-state index contributed by atoms with van der Waals surface area (Å²) in [4.78, 5) is 35.9. The number of hydrogen-bond donors (Lipinski definition) is 2. The maximum atomic E-state index is 13.8. The normalized spacial score (nSPS) is 21.1. The second-order valence-electron chi connectivity index (χ2n) is 7.52. The maximum Gasteiger partial charge on any atom is 0.338 e. The van der Waals surface area contributed by atoms with Crippen LogP contribution in [0.4, 0.5) is 4.39 Å². The molecular formula is C22H22ClFN4O4S2. The molecule has 0 unspecified atom stereocenters. The molecule has 1 aromatic carbocycles. The second-order valence-corrected chi connectivity index (χ2v) is 9.97. The predicted octanol–water partition coefficient (Wildman–Crippen LogP) is 3.35. The highest BCUT2D eigenvalue weighted by Crippen LogP contribution is 2.37. The molecule has 1 aromatic heterocycles. The van der Waals surface area contributed by atoms with Crippen molar-refractivity contribution in [3.8, 4) is 0 Å². The molecule has 4 rings (SSSR count). The Labute approximate surface area is 208 Å². The first-order valence-corrected chi connectivity index (χ1v) is 12.9. The smallest absolute Gasteiger partial charge is 0.338 e. The molecule has 1 fully saturated rings. The number of hydrogen-bond acceptors (Lipinski definition) is 9. The average Bonchev–Trinajstić information content (AvgIpc) is 3.34. The fourth-order valence-corrected chi connectivity index (χ4v) is 5.79. The van der Waals surface area contributed by atoms with Gasteiger partial charge in [0.25, 0.3) is 0 Å². The molecule has 0 saturated carbocycles. The van der Waals surface area contributed by atoms with Gasteiger partial charge in [0, 0.05) is 52.5 Å². The number of esters is 1. The minimum Gasteiger partial charge on any atom is -0.480 e. The van der Waals surface area contributed by atoms with Crippen molar-refractivity contribution >= 4 is 52.5 Å². The van der Waals surface area contributed by atoms with Gasteiger partial charge in [0.05, 0.1) is 12.2 Å². The van der Waals surface area contributed by atoms with Crippen LogP contribution in [0.3, 0.4) is 0 Å². The number of nitrogens with zero attached hydrogens (tertiary/aromatic N) is 3. The summed E-state index contributed by atoms with van der Waals surface area (Å²) in [5.41, 5.74) is 1.10. The quantitative estimate of drug-likeness (QED) is 0.531. The topological polar surface area (TPSA) is 104 Å². The molecule has 12 heteroatoms. The van der Waals surface area contributed by atoms with Gasteiger partial charge in [-0.25, -0.2) is 14.2 Å². The molecule has 0 radical (unpaired) electrons. The molecular weight excluding hydrogens is 503 g/mol. The van der Waals surface area contributed by atoms with Gasteiger partial charge in [-0.3, -0.25) is 14.7 Å². The molecule has 0 bridgehead atoms. The number of aromatic nitrogens is 1. The maximum absolute atomic E-state index is 13.8. The Balaban J connectivity index is 1.83. The zero-order chi connectivity index (χ0) is 24.2. The minimum absolute atomic E-state index is 0.119. The zero-order valence-corrected chi connectivity index (χ0v) is 20.6. The molecule has 1 saturated heterocycles. The summed E-state index contributed by atoms with van der Waals surface area (Å²) in [6.07, 6.45) is 1.64. The van der Waals surface area contributed by atoms with Gasteiger partial charge in [-0.1, -0.05) is 17.7 Å². The van der Waals surface area contributed by atoms with E-state index in [-0.39, 0.29) is 23.7 Å². The minimum atomic E-state index is -0.923. The number of carbonyl (C=O) groups excluding carboxylic acids is 1. The van der Waals surface area contributed by atoms with E-state index in [0.29, 0.717) is 34.4 Å². The van der Waals surface area contributed by atoms with E-state index in [1.54, 1.807) is 30.3 Å². The number of thioether (sulfide) groups is 1. The number of halogens is 2. The van der Waals surface area contributed by atoms with E-state index < -0.39 is 29.8 Å². The van der Waals surface area contributed by atoms with Crippen LogP contribution in [0.2, 0.25) is 5.02 Å². The van der Waals surface area contributed by atoms with Gasteiger partial charge in [0.1, 0.15) is 17.9 Å². The van der Waals surface area contributed by atoms with Gasteiger partial charge in [-0.05, 0) is 19.1 Å². The van der Waals surface area contributed by atoms with Crippen LogP contribution in [0.1, 0.15) is 23.5 Å². The van der Waals surface area contributed by atoms with E-state index in [9.17, 15) is 19.1 Å². The SMILES string of the molecule is CCOC(=O)C1=C(CN2CCSC[C@H]2C(=O)O)NC(c2nccs2)=N[C@H]1c1ccc(F)cc1Cl. The number of ether oxygens (including phenoxy) is 1. The fraction of sp³-hybridized carbons (Fsp3) is 0.364. The average molecular weight is 525 g/mol. The van der Waals surface area contributed by atoms with Crippen molar-refractivity contribution in [1.29, 1.82) is 0 Å². The number of carboxylic acids is 1. The van der Waals surface area contributed by atoms with Crippen LogP contribution in [-0.2, 0) is 14.3 Å². The summed E-state index contributed by atoms with van der Waals surface area (Å²) in [5, 5.41) is 15.4. The molecule has 3 heterocycles. The Kier molecular flexibility index (Phi) is 7.87. The molecule has 34 heavy (non-hydrogen) atoms. The Morgan fingerprint density at radius 3 is 2.91 bits per heavy atom. The molecule has 180 valence electrons. The lowest BCUT2D eigenvalue weighted by atomic mass is 9.95. The van der Waals surface area contributed by atoms with Crippen molar-refractivity contribution in [2.24, 2.45) is 4.99 Å². The lowest BCUT2D eigenvalue weighted by Crippen LogP contribution is -2.50. The van der Waals surface area contributed by atoms with Gasteiger partial charge in [0.15, 0.2) is 10.8 Å². The first kappa shape index (κ1) is 24.6. The van der Waals surface area contributed by atoms with E-state index in [1.165, 1.54) is 29.5 Å². The lowest BCUT2D eigenvalue weighted by molar-refractivity contribution is -0.142. The van der Waals surface area contributed by atoms with E-state index in [4.69, 9.17) is 21.3 Å². The van der Waals surface area contributed by atoms with Gasteiger partial charge >= 0.3 is 11.9 Å². The lowest BCUT2D eigenvalue weighted by Gasteiger charge is -2.35. The van der Waals surface area contributed by atoms with Crippen molar-refractivity contribution in [3.05, 3.63) is 62.5 Å². The third kappa shape index (κ3) is 5.27. The Morgan fingerprint density at radius 2 is 2.24 bits per heavy atom. The molecule has 0 spiro atoms. The van der Waals surface area contributed by atoms with E-state index in [2.05, 4.69) is 10.3 Å². The number of rotatable bonds is 7. The number of carbonyl (C=O) groups is 2. The zero-order valence-electron chi connectivity index (χ0n) is 18.2. The Morgan fingerprint density at radius 1 is 1.41 bits per heavy atom. The molecule has 8 nitrogen and oxygen atoms in total. The van der Waals surface area contributed by atoms with Crippen molar-refractivity contribution in [3.63, 3.8) is 0 Å². The van der Waals surface area contributed by atoms with Crippen molar-refractivity contribution in [2.45, 2.75) is 19.0 Å². The monoisotopic (exact) mass is 524 g/mol. The van der Waals surface area contributed by atoms with E-state index >= 15 is 0 Å². The summed E-state index contributed by atoms with van der Waals surface area (Å²) in [7, 11) is 0. The molecule has 2 aliphatic rings. The van der Waals surface area contributed by atoms with Crippen LogP contribution in [0.5, 0.6) is 0 Å². The van der Waals surface area contributed by atoms with Crippen LogP contribution in [0.25, 0.3) is 0 Å². The number of benzene rings is 1. The summed E-state index contributed by atoms with van der Waals surface area (Å²) in [6, 6.07) is 2.33. The summed E-state index contributed by atoms with van der Waals surface area (Å²) >= 11 is 9.31. The first-order chi connectivity index (χ1) is 16.4. The van der Waals surface area contributed by atoms with Crippen molar-refractivity contribution < 1.29 is 23.8 Å². The molecule has 2 aromatic rings. The molecule has 0 amide bonds.